The Morgan fingerprint density at radius 1 is 1.06 bits per heavy atom. The Kier molecular flexibility index (Phi) is 7.41. The number of primary amides is 1. The molecule has 2 aromatic rings. The maximum Gasteiger partial charge on any atom is 0.241 e. The Morgan fingerprint density at radius 2 is 1.74 bits per heavy atom. The molecule has 7 heteroatoms. The van der Waals surface area contributed by atoms with Crippen molar-refractivity contribution in [1.29, 1.82) is 0 Å². The molecule has 0 saturated carbocycles. The molecule has 3 rings (SSSR count). The minimum absolute atomic E-state index is 0.0550. The summed E-state index contributed by atoms with van der Waals surface area (Å²) in [6.45, 7) is 8.04. The van der Waals surface area contributed by atoms with Crippen LogP contribution in [0.25, 0.3) is 0 Å². The van der Waals surface area contributed by atoms with Gasteiger partial charge in [-0.1, -0.05) is 30.3 Å². The van der Waals surface area contributed by atoms with Gasteiger partial charge in [-0.3, -0.25) is 19.4 Å². The van der Waals surface area contributed by atoms with Crippen LogP contribution in [-0.2, 0) is 16.1 Å². The average Bonchev–Trinajstić information content (AvgIpc) is 2.72. The Morgan fingerprint density at radius 3 is 2.35 bits per heavy atom. The maximum atomic E-state index is 13.3. The number of piperazine rings is 1. The summed E-state index contributed by atoms with van der Waals surface area (Å²) >= 11 is 0. The lowest BCUT2D eigenvalue weighted by atomic mass is 9.97. The third-order valence-corrected chi connectivity index (χ3v) is 5.75. The van der Waals surface area contributed by atoms with Crippen LogP contribution in [0.2, 0.25) is 0 Å². The van der Waals surface area contributed by atoms with Crippen molar-refractivity contribution in [3.05, 3.63) is 66.0 Å². The number of hydrogen-bond donors (Lipinski definition) is 1. The van der Waals surface area contributed by atoms with Crippen molar-refractivity contribution >= 4 is 17.5 Å². The molecule has 0 aliphatic carbocycles. The number of halogens is 1. The monoisotopic (exact) mass is 426 g/mol. The van der Waals surface area contributed by atoms with Crippen molar-refractivity contribution in [2.75, 3.05) is 37.6 Å². The molecule has 0 atom stereocenters. The van der Waals surface area contributed by atoms with E-state index < -0.39 is 5.91 Å². The first-order valence-electron chi connectivity index (χ1n) is 10.6. The Hall–Kier alpha value is -2.77. The van der Waals surface area contributed by atoms with Crippen molar-refractivity contribution in [2.45, 2.75) is 32.4 Å². The van der Waals surface area contributed by atoms with Crippen molar-refractivity contribution in [2.24, 2.45) is 5.73 Å². The van der Waals surface area contributed by atoms with Gasteiger partial charge in [-0.15, -0.1) is 0 Å². The molecule has 2 aromatic carbocycles. The first-order valence-corrected chi connectivity index (χ1v) is 10.6. The summed E-state index contributed by atoms with van der Waals surface area (Å²) in [5, 5.41) is 0. The number of amides is 2. The minimum Gasteiger partial charge on any atom is -0.370 e. The van der Waals surface area contributed by atoms with Crippen molar-refractivity contribution in [3.8, 4) is 0 Å². The van der Waals surface area contributed by atoms with Crippen LogP contribution in [0.15, 0.2) is 54.6 Å². The molecule has 2 N–H and O–H groups in total. The molecule has 0 radical (unpaired) electrons. The van der Waals surface area contributed by atoms with Gasteiger partial charge in [-0.25, -0.2) is 4.39 Å². The topological polar surface area (TPSA) is 69.9 Å². The molecular weight excluding hydrogens is 395 g/mol. The van der Waals surface area contributed by atoms with Gasteiger partial charge >= 0.3 is 0 Å². The number of hydrogen-bond acceptors (Lipinski definition) is 4. The number of benzene rings is 2. The van der Waals surface area contributed by atoms with Crippen LogP contribution in [0, 0.1) is 5.82 Å². The third-order valence-electron chi connectivity index (χ3n) is 5.75. The first kappa shape index (κ1) is 22.9. The van der Waals surface area contributed by atoms with Crippen molar-refractivity contribution < 1.29 is 14.0 Å². The van der Waals surface area contributed by atoms with Gasteiger partial charge in [-0.05, 0) is 43.7 Å². The van der Waals surface area contributed by atoms with Crippen LogP contribution in [-0.4, -0.2) is 59.9 Å². The normalized spacial score (nSPS) is 16.7. The van der Waals surface area contributed by atoms with E-state index >= 15 is 0 Å². The molecule has 0 bridgehead atoms. The molecule has 1 aliphatic rings. The summed E-state index contributed by atoms with van der Waals surface area (Å²) in [6, 6.07) is 16.1. The minimum atomic E-state index is -0.476. The second kappa shape index (κ2) is 10.0. The third kappa shape index (κ3) is 6.35. The summed E-state index contributed by atoms with van der Waals surface area (Å²) < 4.78 is 13.3. The van der Waals surface area contributed by atoms with Gasteiger partial charge in [0.15, 0.2) is 0 Å². The highest BCUT2D eigenvalue weighted by Gasteiger charge is 2.34. The summed E-state index contributed by atoms with van der Waals surface area (Å²) in [5.74, 6) is -0.974. The number of anilines is 1. The summed E-state index contributed by atoms with van der Waals surface area (Å²) in [7, 11) is 0. The molecule has 166 valence electrons. The molecule has 31 heavy (non-hydrogen) atoms. The standard InChI is InChI=1S/C24H31FN4O2/c1-24(2)18-27(14-15-28(24)16-19-6-4-3-5-7-19)17-23(31)29(13-12-22(26)30)21-10-8-20(25)9-11-21/h3-11H,12-18H2,1-2H3,(H2,26,30). The highest BCUT2D eigenvalue weighted by molar-refractivity contribution is 5.95. The van der Waals surface area contributed by atoms with E-state index in [-0.39, 0.29) is 36.8 Å². The van der Waals surface area contributed by atoms with Crippen LogP contribution in [0.1, 0.15) is 25.8 Å². The zero-order valence-electron chi connectivity index (χ0n) is 18.3. The van der Waals surface area contributed by atoms with E-state index in [9.17, 15) is 14.0 Å². The molecular formula is C24H31FN4O2. The van der Waals surface area contributed by atoms with Gasteiger partial charge in [0, 0.05) is 50.4 Å². The summed E-state index contributed by atoms with van der Waals surface area (Å²) in [5.41, 5.74) is 7.03. The van der Waals surface area contributed by atoms with E-state index in [0.717, 1.165) is 26.2 Å². The molecule has 1 heterocycles. The molecule has 2 amide bonds. The molecule has 0 spiro atoms. The van der Waals surface area contributed by atoms with Crippen LogP contribution >= 0.6 is 0 Å². The lowest BCUT2D eigenvalue weighted by Gasteiger charge is -2.47. The molecule has 0 aromatic heterocycles. The van der Waals surface area contributed by atoms with Crippen molar-refractivity contribution in [1.82, 2.24) is 9.80 Å². The SMILES string of the molecule is CC1(C)CN(CC(=O)N(CCC(N)=O)c2ccc(F)cc2)CCN1Cc1ccccc1. The molecule has 1 aliphatic heterocycles. The number of rotatable bonds is 8. The van der Waals surface area contributed by atoms with Crippen LogP contribution in [0.5, 0.6) is 0 Å². The average molecular weight is 427 g/mol. The Bertz CT molecular complexity index is 886. The van der Waals surface area contributed by atoms with Crippen LogP contribution in [0.3, 0.4) is 0 Å². The number of carbonyl (C=O) groups excluding carboxylic acids is 2. The predicted octanol–water partition coefficient (Wildman–Crippen LogP) is 2.63. The van der Waals surface area contributed by atoms with Crippen molar-refractivity contribution in [3.63, 3.8) is 0 Å². The van der Waals surface area contributed by atoms with E-state index in [1.165, 1.54) is 22.6 Å². The fourth-order valence-electron chi connectivity index (χ4n) is 4.04. The fraction of sp³-hybridized carbons (Fsp3) is 0.417. The number of carbonyl (C=O) groups is 2. The lowest BCUT2D eigenvalue weighted by molar-refractivity contribution is -0.121. The first-order chi connectivity index (χ1) is 14.7. The Balaban J connectivity index is 1.65. The van der Waals surface area contributed by atoms with Crippen LogP contribution in [0.4, 0.5) is 10.1 Å². The van der Waals surface area contributed by atoms with Gasteiger partial charge in [0.25, 0.3) is 0 Å². The number of nitrogens with two attached hydrogens (primary N) is 1. The van der Waals surface area contributed by atoms with Gasteiger partial charge in [-0.2, -0.15) is 0 Å². The van der Waals surface area contributed by atoms with E-state index in [1.807, 2.05) is 18.2 Å². The van der Waals surface area contributed by atoms with E-state index in [1.54, 1.807) is 12.1 Å². The van der Waals surface area contributed by atoms with E-state index in [4.69, 9.17) is 5.73 Å². The van der Waals surface area contributed by atoms with E-state index in [2.05, 4.69) is 35.8 Å². The second-order valence-electron chi connectivity index (χ2n) is 8.67. The predicted molar refractivity (Wildman–Crippen MR) is 120 cm³/mol. The van der Waals surface area contributed by atoms with Gasteiger partial charge in [0.1, 0.15) is 5.82 Å². The molecule has 1 saturated heterocycles. The smallest absolute Gasteiger partial charge is 0.241 e. The highest BCUT2D eigenvalue weighted by atomic mass is 19.1. The van der Waals surface area contributed by atoms with Gasteiger partial charge < -0.3 is 10.6 Å². The fourth-order valence-corrected chi connectivity index (χ4v) is 4.04. The Labute approximate surface area is 183 Å². The zero-order valence-corrected chi connectivity index (χ0v) is 18.3. The molecule has 6 nitrogen and oxygen atoms in total. The van der Waals surface area contributed by atoms with Crippen LogP contribution < -0.4 is 10.6 Å². The van der Waals surface area contributed by atoms with E-state index in [0.29, 0.717) is 5.69 Å². The largest absolute Gasteiger partial charge is 0.370 e. The summed E-state index contributed by atoms with van der Waals surface area (Å²) in [4.78, 5) is 30.5. The quantitative estimate of drug-likeness (QED) is 0.705. The van der Waals surface area contributed by atoms with Gasteiger partial charge in [0.2, 0.25) is 11.8 Å². The summed E-state index contributed by atoms with van der Waals surface area (Å²) in [6.07, 6.45) is 0.0550. The maximum absolute atomic E-state index is 13.3. The zero-order chi connectivity index (χ0) is 22.4. The molecule has 1 fully saturated rings. The lowest BCUT2D eigenvalue weighted by Crippen LogP contribution is -2.60. The van der Waals surface area contributed by atoms with Gasteiger partial charge in [0.05, 0.1) is 6.54 Å². The molecule has 0 unspecified atom stereocenters. The second-order valence-corrected chi connectivity index (χ2v) is 8.67. The highest BCUT2D eigenvalue weighted by Crippen LogP contribution is 2.24. The number of nitrogens with zero attached hydrogens (tertiary/aromatic N) is 3.